The van der Waals surface area contributed by atoms with Crippen LogP contribution in [0.5, 0.6) is 0 Å². The van der Waals surface area contributed by atoms with E-state index in [1.807, 2.05) is 30.7 Å². The zero-order valence-corrected chi connectivity index (χ0v) is 11.3. The van der Waals surface area contributed by atoms with Crippen LogP contribution in [0.3, 0.4) is 0 Å². The average Bonchev–Trinajstić information content (AvgIpc) is 2.83. The zero-order valence-electron chi connectivity index (χ0n) is 10.5. The van der Waals surface area contributed by atoms with Crippen LogP contribution in [0.1, 0.15) is 26.7 Å². The molecule has 0 saturated carbocycles. The number of anilines is 1. The molecule has 2 rings (SSSR count). The van der Waals surface area contributed by atoms with E-state index in [2.05, 4.69) is 10.6 Å². The van der Waals surface area contributed by atoms with Crippen LogP contribution in [0, 0.1) is 11.3 Å². The molecule has 1 unspecified atom stereocenters. The Morgan fingerprint density at radius 2 is 2.41 bits per heavy atom. The molecule has 1 aromatic heterocycles. The third-order valence-electron chi connectivity index (χ3n) is 3.68. The van der Waals surface area contributed by atoms with Gasteiger partial charge in [0.05, 0.1) is 5.69 Å². The van der Waals surface area contributed by atoms with E-state index in [4.69, 9.17) is 0 Å². The van der Waals surface area contributed by atoms with Crippen LogP contribution < -0.4 is 10.6 Å². The molecule has 2 N–H and O–H groups in total. The fraction of sp³-hybridized carbons (Fsp3) is 0.615. The molecule has 4 heteroatoms. The topological polar surface area (TPSA) is 41.1 Å². The molecule has 1 atom stereocenters. The smallest absolute Gasteiger partial charge is 0.230 e. The number of rotatable bonds is 3. The number of nitrogens with one attached hydrogen (secondary N) is 2. The van der Waals surface area contributed by atoms with Gasteiger partial charge in [-0.2, -0.15) is 11.3 Å². The van der Waals surface area contributed by atoms with Crippen molar-refractivity contribution < 1.29 is 4.79 Å². The fourth-order valence-corrected chi connectivity index (χ4v) is 2.87. The Labute approximate surface area is 107 Å². The van der Waals surface area contributed by atoms with Crippen molar-refractivity contribution in [3.05, 3.63) is 16.8 Å². The van der Waals surface area contributed by atoms with E-state index < -0.39 is 0 Å². The zero-order chi connectivity index (χ0) is 12.3. The van der Waals surface area contributed by atoms with Crippen molar-refractivity contribution in [3.8, 4) is 0 Å². The van der Waals surface area contributed by atoms with Crippen molar-refractivity contribution in [1.82, 2.24) is 5.32 Å². The Hall–Kier alpha value is -0.870. The number of amides is 1. The molecule has 1 aliphatic rings. The van der Waals surface area contributed by atoms with Gasteiger partial charge in [-0.25, -0.2) is 0 Å². The Morgan fingerprint density at radius 1 is 1.59 bits per heavy atom. The molecular weight excluding hydrogens is 232 g/mol. The third kappa shape index (κ3) is 2.87. The minimum Gasteiger partial charge on any atom is -0.325 e. The summed E-state index contributed by atoms with van der Waals surface area (Å²) in [4.78, 5) is 12.3. The monoisotopic (exact) mass is 252 g/mol. The predicted octanol–water partition coefficient (Wildman–Crippen LogP) is 2.71. The number of carbonyl (C=O) groups is 1. The van der Waals surface area contributed by atoms with E-state index in [1.165, 1.54) is 6.42 Å². The maximum atomic E-state index is 12.3. The molecule has 17 heavy (non-hydrogen) atoms. The summed E-state index contributed by atoms with van der Waals surface area (Å²) in [6.45, 7) is 6.13. The standard InChI is InChI=1S/C13H20N2OS/c1-13(2,10-4-3-6-14-8-10)12(16)15-11-5-7-17-9-11/h5,7,9-10,14H,3-4,6,8H2,1-2H3,(H,15,16). The molecule has 3 nitrogen and oxygen atoms in total. The summed E-state index contributed by atoms with van der Waals surface area (Å²) in [5.41, 5.74) is 0.604. The highest BCUT2D eigenvalue weighted by Gasteiger charge is 2.37. The van der Waals surface area contributed by atoms with Gasteiger partial charge in [-0.15, -0.1) is 0 Å². The van der Waals surface area contributed by atoms with Gasteiger partial charge in [-0.1, -0.05) is 13.8 Å². The van der Waals surface area contributed by atoms with Gasteiger partial charge >= 0.3 is 0 Å². The van der Waals surface area contributed by atoms with Crippen LogP contribution in [0.15, 0.2) is 16.8 Å². The molecule has 0 aliphatic carbocycles. The first-order valence-corrected chi connectivity index (χ1v) is 7.09. The van der Waals surface area contributed by atoms with Crippen LogP contribution in [0.2, 0.25) is 0 Å². The predicted molar refractivity (Wildman–Crippen MR) is 72.3 cm³/mol. The lowest BCUT2D eigenvalue weighted by molar-refractivity contribution is -0.127. The molecule has 1 fully saturated rings. The maximum absolute atomic E-state index is 12.3. The first-order chi connectivity index (χ1) is 8.10. The SMILES string of the molecule is CC(C)(C(=O)Nc1ccsc1)C1CCCNC1. The van der Waals surface area contributed by atoms with E-state index in [0.717, 1.165) is 25.2 Å². The first kappa shape index (κ1) is 12.6. The Kier molecular flexibility index (Phi) is 3.84. The molecular formula is C13H20N2OS. The summed E-state index contributed by atoms with van der Waals surface area (Å²) in [5, 5.41) is 10.3. The molecule has 0 spiro atoms. The second-order valence-corrected chi connectivity index (χ2v) is 6.01. The van der Waals surface area contributed by atoms with Crippen molar-refractivity contribution in [2.24, 2.45) is 11.3 Å². The van der Waals surface area contributed by atoms with Gasteiger partial charge in [0, 0.05) is 10.8 Å². The minimum atomic E-state index is -0.310. The number of hydrogen-bond donors (Lipinski definition) is 2. The largest absolute Gasteiger partial charge is 0.325 e. The molecule has 0 bridgehead atoms. The van der Waals surface area contributed by atoms with E-state index >= 15 is 0 Å². The van der Waals surface area contributed by atoms with Gasteiger partial charge in [0.2, 0.25) is 5.91 Å². The average molecular weight is 252 g/mol. The highest BCUT2D eigenvalue weighted by atomic mass is 32.1. The van der Waals surface area contributed by atoms with Crippen LogP contribution >= 0.6 is 11.3 Å². The van der Waals surface area contributed by atoms with Crippen molar-refractivity contribution in [2.45, 2.75) is 26.7 Å². The fourth-order valence-electron chi connectivity index (χ4n) is 2.28. The summed E-state index contributed by atoms with van der Waals surface area (Å²) in [7, 11) is 0. The molecule has 1 amide bonds. The number of hydrogen-bond acceptors (Lipinski definition) is 3. The number of piperidine rings is 1. The van der Waals surface area contributed by atoms with Crippen molar-refractivity contribution >= 4 is 22.9 Å². The lowest BCUT2D eigenvalue weighted by atomic mass is 9.74. The van der Waals surface area contributed by atoms with Crippen molar-refractivity contribution in [1.29, 1.82) is 0 Å². The second-order valence-electron chi connectivity index (χ2n) is 5.23. The first-order valence-electron chi connectivity index (χ1n) is 6.15. The Morgan fingerprint density at radius 3 is 3.00 bits per heavy atom. The summed E-state index contributed by atoms with van der Waals surface area (Å²) in [6.07, 6.45) is 2.30. The van der Waals surface area contributed by atoms with E-state index in [1.54, 1.807) is 11.3 Å². The van der Waals surface area contributed by atoms with Crippen LogP contribution in [-0.4, -0.2) is 19.0 Å². The van der Waals surface area contributed by atoms with Gasteiger partial charge in [0.15, 0.2) is 0 Å². The summed E-state index contributed by atoms with van der Waals surface area (Å²) >= 11 is 1.60. The molecule has 0 radical (unpaired) electrons. The van der Waals surface area contributed by atoms with Gasteiger partial charge < -0.3 is 10.6 Å². The van der Waals surface area contributed by atoms with Crippen molar-refractivity contribution in [2.75, 3.05) is 18.4 Å². The molecule has 0 aromatic carbocycles. The van der Waals surface area contributed by atoms with E-state index in [0.29, 0.717) is 5.92 Å². The highest BCUT2D eigenvalue weighted by molar-refractivity contribution is 7.08. The van der Waals surface area contributed by atoms with Gasteiger partial charge in [-0.05, 0) is 43.3 Å². The summed E-state index contributed by atoms with van der Waals surface area (Å²) in [6, 6.07) is 1.94. The van der Waals surface area contributed by atoms with Crippen LogP contribution in [0.25, 0.3) is 0 Å². The minimum absolute atomic E-state index is 0.129. The molecule has 1 aliphatic heterocycles. The molecule has 94 valence electrons. The Bertz CT molecular complexity index is 367. The van der Waals surface area contributed by atoms with Crippen LogP contribution in [0.4, 0.5) is 5.69 Å². The Balaban J connectivity index is 2.00. The second kappa shape index (κ2) is 5.19. The highest BCUT2D eigenvalue weighted by Crippen LogP contribution is 2.33. The molecule has 2 heterocycles. The summed E-state index contributed by atoms with van der Waals surface area (Å²) < 4.78 is 0. The van der Waals surface area contributed by atoms with Gasteiger partial charge in [-0.3, -0.25) is 4.79 Å². The van der Waals surface area contributed by atoms with E-state index in [9.17, 15) is 4.79 Å². The normalized spacial score (nSPS) is 21.2. The molecule has 1 aromatic rings. The molecule has 1 saturated heterocycles. The third-order valence-corrected chi connectivity index (χ3v) is 4.36. The quantitative estimate of drug-likeness (QED) is 0.868. The number of thiophene rings is 1. The van der Waals surface area contributed by atoms with Crippen LogP contribution in [-0.2, 0) is 4.79 Å². The van der Waals surface area contributed by atoms with Gasteiger partial charge in [0.25, 0.3) is 0 Å². The van der Waals surface area contributed by atoms with Crippen molar-refractivity contribution in [3.63, 3.8) is 0 Å². The maximum Gasteiger partial charge on any atom is 0.230 e. The lowest BCUT2D eigenvalue weighted by Gasteiger charge is -2.35. The van der Waals surface area contributed by atoms with Gasteiger partial charge in [0.1, 0.15) is 0 Å². The lowest BCUT2D eigenvalue weighted by Crippen LogP contribution is -2.44. The summed E-state index contributed by atoms with van der Waals surface area (Å²) in [5.74, 6) is 0.555. The van der Waals surface area contributed by atoms with E-state index in [-0.39, 0.29) is 11.3 Å². The number of carbonyl (C=O) groups excluding carboxylic acids is 1.